The molecule has 43 heavy (non-hydrogen) atoms. The minimum Gasteiger partial charge on any atom is -0.408 e. The van der Waals surface area contributed by atoms with Crippen LogP contribution in [0.15, 0.2) is 48.5 Å². The molecular formula is C36H48NO5P. The van der Waals surface area contributed by atoms with Crippen LogP contribution >= 0.6 is 8.60 Å². The van der Waals surface area contributed by atoms with Crippen LogP contribution in [0.25, 0.3) is 0 Å². The van der Waals surface area contributed by atoms with Gasteiger partial charge < -0.3 is 13.6 Å². The van der Waals surface area contributed by atoms with E-state index in [0.717, 1.165) is 33.8 Å². The van der Waals surface area contributed by atoms with Gasteiger partial charge in [-0.05, 0) is 44.9 Å². The third kappa shape index (κ3) is 7.01. The van der Waals surface area contributed by atoms with Gasteiger partial charge in [0.25, 0.3) is 5.69 Å². The molecule has 0 amide bonds. The van der Waals surface area contributed by atoms with E-state index in [2.05, 4.69) is 114 Å². The normalized spacial score (nSPS) is 17.5. The standard InChI is InChI=1S/C36H48NO5P/c1-22-27-18-23(33(2,3)4)20-29(35(8,9)10)31(27)41-43(40-26-16-14-25(15-17-26)37(38)39)42-32-28(22)19-24(34(5,6)7)21-30(32)36(11,12)13/h14-22H,1-13H3. The van der Waals surface area contributed by atoms with Crippen molar-refractivity contribution < 1.29 is 18.5 Å². The molecule has 0 spiro atoms. The van der Waals surface area contributed by atoms with E-state index in [1.54, 1.807) is 12.1 Å². The van der Waals surface area contributed by atoms with Crippen molar-refractivity contribution in [2.75, 3.05) is 0 Å². The third-order valence-corrected chi connectivity index (χ3v) is 9.10. The zero-order chi connectivity index (χ0) is 32.3. The van der Waals surface area contributed by atoms with Gasteiger partial charge in [-0.2, -0.15) is 0 Å². The second kappa shape index (κ2) is 11.1. The van der Waals surface area contributed by atoms with Crippen LogP contribution in [0, 0.1) is 10.1 Å². The van der Waals surface area contributed by atoms with Gasteiger partial charge in [-0.1, -0.05) is 114 Å². The molecule has 7 heteroatoms. The number of rotatable bonds is 3. The first-order valence-corrected chi connectivity index (χ1v) is 16.1. The monoisotopic (exact) mass is 605 g/mol. The van der Waals surface area contributed by atoms with Crippen LogP contribution in [0.1, 0.15) is 129 Å². The molecule has 0 fully saturated rings. The lowest BCUT2D eigenvalue weighted by atomic mass is 9.74. The Labute approximate surface area is 259 Å². The Morgan fingerprint density at radius 1 is 0.674 bits per heavy atom. The molecule has 232 valence electrons. The number of non-ortho nitro benzene ring substituents is 1. The Bertz CT molecular complexity index is 1430. The maximum Gasteiger partial charge on any atom is 0.530 e. The Kier molecular flexibility index (Phi) is 8.47. The van der Waals surface area contributed by atoms with Gasteiger partial charge >= 0.3 is 8.60 Å². The van der Waals surface area contributed by atoms with Crippen molar-refractivity contribution in [2.45, 2.75) is 118 Å². The summed E-state index contributed by atoms with van der Waals surface area (Å²) < 4.78 is 20.0. The Morgan fingerprint density at radius 3 is 1.40 bits per heavy atom. The summed E-state index contributed by atoms with van der Waals surface area (Å²) in [5, 5.41) is 11.3. The predicted molar refractivity (Wildman–Crippen MR) is 177 cm³/mol. The summed E-state index contributed by atoms with van der Waals surface area (Å²) in [6.07, 6.45) is 0. The highest BCUT2D eigenvalue weighted by Gasteiger charge is 2.38. The van der Waals surface area contributed by atoms with Crippen LogP contribution in [0.2, 0.25) is 0 Å². The molecule has 0 N–H and O–H groups in total. The summed E-state index contributed by atoms with van der Waals surface area (Å²) in [5.41, 5.74) is 6.32. The predicted octanol–water partition coefficient (Wildman–Crippen LogP) is 11.0. The van der Waals surface area contributed by atoms with Gasteiger partial charge in [0, 0.05) is 40.3 Å². The molecule has 4 rings (SSSR count). The highest BCUT2D eigenvalue weighted by Crippen LogP contribution is 2.56. The van der Waals surface area contributed by atoms with Gasteiger partial charge in [0.2, 0.25) is 0 Å². The first-order valence-electron chi connectivity index (χ1n) is 15.0. The second-order valence-electron chi connectivity index (χ2n) is 15.9. The van der Waals surface area contributed by atoms with Crippen LogP contribution in [-0.2, 0) is 21.7 Å². The highest BCUT2D eigenvalue weighted by atomic mass is 31.2. The fraction of sp³-hybridized carbons (Fsp3) is 0.500. The summed E-state index contributed by atoms with van der Waals surface area (Å²) in [7, 11) is -1.98. The van der Waals surface area contributed by atoms with Crippen molar-refractivity contribution in [3.8, 4) is 17.2 Å². The average Bonchev–Trinajstić information content (AvgIpc) is 2.85. The van der Waals surface area contributed by atoms with Gasteiger partial charge in [-0.15, -0.1) is 0 Å². The number of benzene rings is 3. The molecule has 1 aliphatic rings. The zero-order valence-electron chi connectivity index (χ0n) is 28.1. The Balaban J connectivity index is 2.05. The van der Waals surface area contributed by atoms with Gasteiger partial charge in [0.1, 0.15) is 17.2 Å². The summed E-state index contributed by atoms with van der Waals surface area (Å²) in [6.45, 7) is 28.9. The van der Waals surface area contributed by atoms with Crippen molar-refractivity contribution in [1.82, 2.24) is 0 Å². The van der Waals surface area contributed by atoms with Crippen molar-refractivity contribution in [3.05, 3.63) is 92.0 Å². The smallest absolute Gasteiger partial charge is 0.408 e. The molecule has 0 unspecified atom stereocenters. The van der Waals surface area contributed by atoms with Gasteiger partial charge in [-0.3, -0.25) is 10.1 Å². The number of hydrogen-bond donors (Lipinski definition) is 0. The summed E-state index contributed by atoms with van der Waals surface area (Å²) in [6, 6.07) is 15.2. The lowest BCUT2D eigenvalue weighted by Gasteiger charge is -2.36. The lowest BCUT2D eigenvalue weighted by molar-refractivity contribution is -0.384. The molecular weight excluding hydrogens is 557 g/mol. The maximum absolute atomic E-state index is 11.3. The van der Waals surface area contributed by atoms with Gasteiger partial charge in [0.15, 0.2) is 0 Å². The average molecular weight is 606 g/mol. The third-order valence-electron chi connectivity index (χ3n) is 8.08. The number of nitrogens with zero attached hydrogens (tertiary/aromatic N) is 1. The maximum atomic E-state index is 11.3. The van der Waals surface area contributed by atoms with E-state index in [1.165, 1.54) is 23.3 Å². The number of nitro benzene ring substituents is 1. The minimum atomic E-state index is -1.98. The molecule has 1 aliphatic heterocycles. The van der Waals surface area contributed by atoms with Gasteiger partial charge in [0.05, 0.1) is 4.92 Å². The Morgan fingerprint density at radius 2 is 1.07 bits per heavy atom. The van der Waals surface area contributed by atoms with E-state index >= 15 is 0 Å². The molecule has 6 nitrogen and oxygen atoms in total. The van der Waals surface area contributed by atoms with E-state index in [4.69, 9.17) is 13.6 Å². The first-order chi connectivity index (χ1) is 19.6. The largest absolute Gasteiger partial charge is 0.530 e. The van der Waals surface area contributed by atoms with Crippen LogP contribution in [0.5, 0.6) is 17.2 Å². The van der Waals surface area contributed by atoms with E-state index in [9.17, 15) is 10.1 Å². The highest BCUT2D eigenvalue weighted by molar-refractivity contribution is 7.43. The van der Waals surface area contributed by atoms with Gasteiger partial charge in [-0.25, -0.2) is 0 Å². The summed E-state index contributed by atoms with van der Waals surface area (Å²) in [5.74, 6) is 1.99. The molecule has 0 atom stereocenters. The number of fused-ring (bicyclic) bond motifs is 2. The lowest BCUT2D eigenvalue weighted by Crippen LogP contribution is -2.23. The second-order valence-corrected chi connectivity index (χ2v) is 16.8. The molecule has 0 saturated heterocycles. The summed E-state index contributed by atoms with van der Waals surface area (Å²) >= 11 is 0. The molecule has 0 bridgehead atoms. The van der Waals surface area contributed by atoms with Crippen molar-refractivity contribution in [3.63, 3.8) is 0 Å². The summed E-state index contributed by atoms with van der Waals surface area (Å²) in [4.78, 5) is 10.8. The quantitative estimate of drug-likeness (QED) is 0.169. The van der Waals surface area contributed by atoms with Crippen molar-refractivity contribution in [2.24, 2.45) is 0 Å². The van der Waals surface area contributed by atoms with Crippen LogP contribution in [0.3, 0.4) is 0 Å². The fourth-order valence-electron chi connectivity index (χ4n) is 5.22. The molecule has 0 saturated carbocycles. The molecule has 3 aromatic rings. The van der Waals surface area contributed by atoms with Crippen LogP contribution in [-0.4, -0.2) is 4.92 Å². The van der Waals surface area contributed by atoms with Crippen LogP contribution < -0.4 is 13.6 Å². The number of nitro groups is 1. The molecule has 0 aliphatic carbocycles. The molecule has 3 aromatic carbocycles. The van der Waals surface area contributed by atoms with Crippen LogP contribution in [0.4, 0.5) is 5.69 Å². The topological polar surface area (TPSA) is 70.8 Å². The van der Waals surface area contributed by atoms with Crippen molar-refractivity contribution >= 4 is 14.3 Å². The van der Waals surface area contributed by atoms with Crippen molar-refractivity contribution in [1.29, 1.82) is 0 Å². The fourth-order valence-corrected chi connectivity index (χ4v) is 6.33. The first kappa shape index (κ1) is 32.8. The van der Waals surface area contributed by atoms with E-state index in [1.807, 2.05) is 0 Å². The molecule has 0 aromatic heterocycles. The zero-order valence-corrected chi connectivity index (χ0v) is 29.0. The van der Waals surface area contributed by atoms with E-state index < -0.39 is 13.5 Å². The van der Waals surface area contributed by atoms with E-state index in [0.29, 0.717) is 5.75 Å². The minimum absolute atomic E-state index is 0.00129. The SMILES string of the molecule is CC1c2cc(C(C)(C)C)cc(C(C)(C)C)c2OP(Oc2ccc([N+](=O)[O-])cc2)Oc2c1cc(C(C)(C)C)cc2C(C)(C)C. The number of hydrogen-bond acceptors (Lipinski definition) is 5. The Hall–Kier alpha value is -3.11. The van der Waals surface area contributed by atoms with E-state index in [-0.39, 0.29) is 33.3 Å². The molecule has 0 radical (unpaired) electrons. The molecule has 1 heterocycles.